The largest absolute Gasteiger partial charge is 0.493 e. The summed E-state index contributed by atoms with van der Waals surface area (Å²) in [7, 11) is 3.18. The number of rotatable bonds is 9. The van der Waals surface area contributed by atoms with Crippen LogP contribution in [0.25, 0.3) is 10.9 Å². The van der Waals surface area contributed by atoms with Gasteiger partial charge in [0.1, 0.15) is 5.75 Å². The lowest BCUT2D eigenvalue weighted by Gasteiger charge is -2.12. The number of ketones is 1. The summed E-state index contributed by atoms with van der Waals surface area (Å²) in [4.78, 5) is 35.7. The first-order valence-corrected chi connectivity index (χ1v) is 11.5. The minimum absolute atomic E-state index is 0.0600. The molecule has 0 atom stereocenters. The molecule has 0 fully saturated rings. The van der Waals surface area contributed by atoms with Crippen molar-refractivity contribution in [2.24, 2.45) is 0 Å². The number of nitro groups is 1. The number of aryl methyl sites for hydroxylation is 2. The zero-order valence-electron chi connectivity index (χ0n) is 20.9. The van der Waals surface area contributed by atoms with E-state index < -0.39 is 10.9 Å². The highest BCUT2D eigenvalue weighted by atomic mass is 16.6. The van der Waals surface area contributed by atoms with E-state index in [0.717, 1.165) is 22.8 Å². The molecule has 1 aromatic heterocycles. The summed E-state index contributed by atoms with van der Waals surface area (Å²) in [6.45, 7) is 4.00. The normalized spacial score (nSPS) is 10.8. The van der Waals surface area contributed by atoms with Crippen LogP contribution in [-0.4, -0.2) is 35.5 Å². The molecule has 0 saturated carbocycles. The number of fused-ring (bicyclic) bond motifs is 1. The molecule has 0 amide bonds. The first kappa shape index (κ1) is 25.4. The van der Waals surface area contributed by atoms with E-state index in [4.69, 9.17) is 14.2 Å². The zero-order chi connectivity index (χ0) is 26.7. The van der Waals surface area contributed by atoms with Gasteiger partial charge in [0.05, 0.1) is 24.7 Å². The summed E-state index contributed by atoms with van der Waals surface area (Å²) in [5.41, 5.74) is 3.10. The number of benzene rings is 3. The summed E-state index contributed by atoms with van der Waals surface area (Å²) in [5, 5.41) is 11.7. The van der Waals surface area contributed by atoms with Crippen molar-refractivity contribution in [3.8, 4) is 17.2 Å². The molecule has 0 aliphatic rings. The van der Waals surface area contributed by atoms with Crippen LogP contribution >= 0.6 is 0 Å². The molecule has 0 bridgehead atoms. The van der Waals surface area contributed by atoms with Gasteiger partial charge in [-0.2, -0.15) is 0 Å². The van der Waals surface area contributed by atoms with Crippen molar-refractivity contribution in [3.63, 3.8) is 0 Å². The van der Waals surface area contributed by atoms with Gasteiger partial charge in [-0.15, -0.1) is 0 Å². The van der Waals surface area contributed by atoms with Crippen molar-refractivity contribution in [2.75, 3.05) is 14.2 Å². The van der Waals surface area contributed by atoms with Gasteiger partial charge in [0.2, 0.25) is 0 Å². The number of methoxy groups -OCH3 is 2. The Balaban J connectivity index is 1.64. The minimum Gasteiger partial charge on any atom is -0.493 e. The second kappa shape index (κ2) is 10.5. The van der Waals surface area contributed by atoms with Crippen LogP contribution in [0.5, 0.6) is 17.2 Å². The maximum absolute atomic E-state index is 12.6. The van der Waals surface area contributed by atoms with E-state index in [1.54, 1.807) is 32.4 Å². The number of Topliss-reactive ketones (excluding diaryl/α,β-unsaturated/α-hetero) is 1. The Bertz CT molecular complexity index is 1520. The monoisotopic (exact) mass is 502 g/mol. The van der Waals surface area contributed by atoms with Crippen molar-refractivity contribution in [3.05, 3.63) is 93.2 Å². The van der Waals surface area contributed by atoms with Crippen molar-refractivity contribution in [2.45, 2.75) is 26.8 Å². The van der Waals surface area contributed by atoms with Crippen LogP contribution in [0.2, 0.25) is 0 Å². The van der Waals surface area contributed by atoms with Gasteiger partial charge in [-0.3, -0.25) is 14.9 Å². The molecular formula is C28H26N2O7. The average Bonchev–Trinajstić information content (AvgIpc) is 3.17. The second-order valence-corrected chi connectivity index (χ2v) is 8.48. The maximum Gasteiger partial charge on any atom is 0.343 e. The zero-order valence-corrected chi connectivity index (χ0v) is 20.9. The molecule has 0 saturated heterocycles. The van der Waals surface area contributed by atoms with E-state index in [1.807, 2.05) is 25.1 Å². The van der Waals surface area contributed by atoms with Crippen LogP contribution in [-0.2, 0) is 13.0 Å². The number of nitro benzene ring substituents is 1. The summed E-state index contributed by atoms with van der Waals surface area (Å²) < 4.78 is 18.3. The Kier molecular flexibility index (Phi) is 7.24. The number of carbonyl (C=O) groups is 2. The van der Waals surface area contributed by atoms with E-state index in [0.29, 0.717) is 35.4 Å². The summed E-state index contributed by atoms with van der Waals surface area (Å²) in [6.07, 6.45) is 0.686. The lowest BCUT2D eigenvalue weighted by Crippen LogP contribution is -2.09. The molecule has 9 nitrogen and oxygen atoms in total. The molecule has 4 rings (SSSR count). The van der Waals surface area contributed by atoms with E-state index in [1.165, 1.54) is 25.1 Å². The first-order valence-electron chi connectivity index (χ1n) is 11.5. The third-order valence-corrected chi connectivity index (χ3v) is 6.22. The summed E-state index contributed by atoms with van der Waals surface area (Å²) in [5.74, 6) is 0.712. The van der Waals surface area contributed by atoms with Crippen LogP contribution in [0.3, 0.4) is 0 Å². The highest BCUT2D eigenvalue weighted by Gasteiger charge is 2.20. The average molecular weight is 503 g/mol. The quantitative estimate of drug-likeness (QED) is 0.0971. The second-order valence-electron chi connectivity index (χ2n) is 8.48. The molecule has 0 spiro atoms. The van der Waals surface area contributed by atoms with Gasteiger partial charge >= 0.3 is 5.97 Å². The van der Waals surface area contributed by atoms with E-state index in [2.05, 4.69) is 4.57 Å². The van der Waals surface area contributed by atoms with E-state index in [9.17, 15) is 19.7 Å². The SMILES string of the molecule is COc1ccc(CCn2c(C)c(C(C)=O)c3cc(OC(=O)c4cccc([N+](=O)[O-])c4)ccc32)cc1OC. The predicted molar refractivity (Wildman–Crippen MR) is 138 cm³/mol. The van der Waals surface area contributed by atoms with Gasteiger partial charge in [0, 0.05) is 40.8 Å². The summed E-state index contributed by atoms with van der Waals surface area (Å²) in [6, 6.07) is 16.2. The van der Waals surface area contributed by atoms with Gasteiger partial charge in [0.25, 0.3) is 5.69 Å². The van der Waals surface area contributed by atoms with Crippen LogP contribution in [0.1, 0.15) is 38.9 Å². The number of hydrogen-bond donors (Lipinski definition) is 0. The number of carbonyl (C=O) groups excluding carboxylic acids is 2. The van der Waals surface area contributed by atoms with Gasteiger partial charge in [-0.25, -0.2) is 4.79 Å². The standard InChI is InChI=1S/C28H26N2O7/c1-17-27(18(2)31)23-16-22(37-28(32)20-6-5-7-21(15-20)30(33)34)9-10-24(23)29(17)13-12-19-8-11-25(35-3)26(14-19)36-4/h5-11,14-16H,12-13H2,1-4H3. The van der Waals surface area contributed by atoms with Gasteiger partial charge in [0.15, 0.2) is 17.3 Å². The van der Waals surface area contributed by atoms with Gasteiger partial charge in [-0.1, -0.05) is 12.1 Å². The highest BCUT2D eigenvalue weighted by molar-refractivity contribution is 6.09. The molecule has 1 heterocycles. The number of nitrogens with zero attached hydrogens (tertiary/aromatic N) is 2. The molecule has 0 radical (unpaired) electrons. The fourth-order valence-corrected chi connectivity index (χ4v) is 4.45. The fraction of sp³-hybridized carbons (Fsp3) is 0.214. The number of esters is 1. The Morgan fingerprint density at radius 3 is 2.41 bits per heavy atom. The van der Waals surface area contributed by atoms with Crippen molar-refractivity contribution in [1.82, 2.24) is 4.57 Å². The molecule has 3 aromatic carbocycles. The van der Waals surface area contributed by atoms with E-state index in [-0.39, 0.29) is 22.8 Å². The lowest BCUT2D eigenvalue weighted by atomic mass is 10.1. The highest BCUT2D eigenvalue weighted by Crippen LogP contribution is 2.32. The van der Waals surface area contributed by atoms with Gasteiger partial charge < -0.3 is 18.8 Å². The smallest absolute Gasteiger partial charge is 0.343 e. The maximum atomic E-state index is 12.6. The van der Waals surface area contributed by atoms with Crippen molar-refractivity contribution >= 4 is 28.3 Å². The molecule has 190 valence electrons. The number of non-ortho nitro benzene ring substituents is 1. The molecular weight excluding hydrogens is 476 g/mol. The Labute approximate surface area is 213 Å². The van der Waals surface area contributed by atoms with Crippen molar-refractivity contribution < 1.29 is 28.7 Å². The van der Waals surface area contributed by atoms with Crippen LogP contribution in [0, 0.1) is 17.0 Å². The Morgan fingerprint density at radius 2 is 1.73 bits per heavy atom. The van der Waals surface area contributed by atoms with Crippen LogP contribution in [0.15, 0.2) is 60.7 Å². The molecule has 0 unspecified atom stereocenters. The van der Waals surface area contributed by atoms with E-state index >= 15 is 0 Å². The molecule has 9 heteroatoms. The molecule has 4 aromatic rings. The van der Waals surface area contributed by atoms with Crippen LogP contribution < -0.4 is 14.2 Å². The van der Waals surface area contributed by atoms with Crippen LogP contribution in [0.4, 0.5) is 5.69 Å². The minimum atomic E-state index is -0.725. The number of aromatic nitrogens is 1. The topological polar surface area (TPSA) is 110 Å². The molecule has 37 heavy (non-hydrogen) atoms. The third-order valence-electron chi connectivity index (χ3n) is 6.22. The lowest BCUT2D eigenvalue weighted by molar-refractivity contribution is -0.384. The fourth-order valence-electron chi connectivity index (χ4n) is 4.45. The Morgan fingerprint density at radius 1 is 0.973 bits per heavy atom. The van der Waals surface area contributed by atoms with Crippen molar-refractivity contribution in [1.29, 1.82) is 0 Å². The number of hydrogen-bond acceptors (Lipinski definition) is 7. The Hall–Kier alpha value is -4.66. The molecule has 0 aliphatic carbocycles. The molecule has 0 N–H and O–H groups in total. The predicted octanol–water partition coefficient (Wildman–Crippen LogP) is 5.54. The first-order chi connectivity index (χ1) is 17.7. The molecule has 0 aliphatic heterocycles. The van der Waals surface area contributed by atoms with Gasteiger partial charge in [-0.05, 0) is 62.2 Å². The third kappa shape index (κ3) is 5.16. The summed E-state index contributed by atoms with van der Waals surface area (Å²) >= 11 is 0. The number of ether oxygens (including phenoxy) is 3.